The second kappa shape index (κ2) is 6.65. The van der Waals surface area contributed by atoms with E-state index in [1.165, 1.54) is 4.90 Å². The first-order chi connectivity index (χ1) is 11.5. The number of benzene rings is 2. The van der Waals surface area contributed by atoms with Gasteiger partial charge in [0.1, 0.15) is 5.75 Å². The summed E-state index contributed by atoms with van der Waals surface area (Å²) >= 11 is 5.90. The summed E-state index contributed by atoms with van der Waals surface area (Å²) in [5.41, 5.74) is 3.22. The summed E-state index contributed by atoms with van der Waals surface area (Å²) in [6.07, 6.45) is 0.633. The Balaban J connectivity index is 1.62. The number of hydrogen-bond donors (Lipinski definition) is 0. The summed E-state index contributed by atoms with van der Waals surface area (Å²) in [4.78, 5) is 25.6. The van der Waals surface area contributed by atoms with Gasteiger partial charge in [-0.2, -0.15) is 0 Å². The summed E-state index contributed by atoms with van der Waals surface area (Å²) in [5.74, 6) is -0.145. The molecule has 4 nitrogen and oxygen atoms in total. The lowest BCUT2D eigenvalue weighted by Crippen LogP contribution is -2.31. The maximum absolute atomic E-state index is 12.1. The molecule has 0 bridgehead atoms. The van der Waals surface area contributed by atoms with Crippen LogP contribution in [0.2, 0.25) is 5.02 Å². The van der Waals surface area contributed by atoms with Crippen LogP contribution in [0.1, 0.15) is 27.9 Å². The van der Waals surface area contributed by atoms with Crippen LogP contribution in [0.5, 0.6) is 5.75 Å². The third-order valence-electron chi connectivity index (χ3n) is 4.06. The number of amides is 1. The van der Waals surface area contributed by atoms with Crippen molar-refractivity contribution in [2.75, 3.05) is 18.1 Å². The minimum absolute atomic E-state index is 0.378. The second-order valence-corrected chi connectivity index (χ2v) is 6.35. The molecule has 0 spiro atoms. The van der Waals surface area contributed by atoms with Gasteiger partial charge in [-0.25, -0.2) is 0 Å². The average molecular weight is 344 g/mol. The van der Waals surface area contributed by atoms with Crippen molar-refractivity contribution in [3.8, 4) is 5.75 Å². The molecular formula is C19H18ClNO3. The molecule has 2 aromatic rings. The zero-order valence-corrected chi connectivity index (χ0v) is 14.4. The predicted octanol–water partition coefficient (Wildman–Crippen LogP) is 3.96. The van der Waals surface area contributed by atoms with Crippen molar-refractivity contribution in [3.63, 3.8) is 0 Å². The monoisotopic (exact) mass is 343 g/mol. The smallest absolute Gasteiger partial charge is 0.299 e. The Labute approximate surface area is 146 Å². The number of carbonyl (C=O) groups excluding carboxylic acids is 2. The van der Waals surface area contributed by atoms with E-state index in [1.54, 1.807) is 18.2 Å². The van der Waals surface area contributed by atoms with Crippen LogP contribution in [0.15, 0.2) is 36.4 Å². The molecule has 0 saturated heterocycles. The first-order valence-electron chi connectivity index (χ1n) is 7.83. The van der Waals surface area contributed by atoms with Crippen molar-refractivity contribution in [2.45, 2.75) is 20.3 Å². The molecule has 0 radical (unpaired) electrons. The van der Waals surface area contributed by atoms with E-state index in [0.717, 1.165) is 16.9 Å². The molecule has 0 N–H and O–H groups in total. The fourth-order valence-corrected chi connectivity index (χ4v) is 2.93. The van der Waals surface area contributed by atoms with Crippen LogP contribution >= 0.6 is 11.6 Å². The number of fused-ring (bicyclic) bond motifs is 1. The predicted molar refractivity (Wildman–Crippen MR) is 94.2 cm³/mol. The van der Waals surface area contributed by atoms with E-state index >= 15 is 0 Å². The Hall–Kier alpha value is -2.33. The third-order valence-corrected chi connectivity index (χ3v) is 4.30. The van der Waals surface area contributed by atoms with Crippen LogP contribution in [-0.4, -0.2) is 24.8 Å². The largest absolute Gasteiger partial charge is 0.493 e. The van der Waals surface area contributed by atoms with Gasteiger partial charge in [-0.3, -0.25) is 9.59 Å². The molecule has 1 heterocycles. The normalized spacial score (nSPS) is 13.4. The molecule has 1 aliphatic rings. The van der Waals surface area contributed by atoms with E-state index in [1.807, 2.05) is 32.0 Å². The quantitative estimate of drug-likeness (QED) is 0.610. The molecule has 0 unspecified atom stereocenters. The van der Waals surface area contributed by atoms with Crippen LogP contribution in [0.3, 0.4) is 0 Å². The van der Waals surface area contributed by atoms with Crippen molar-refractivity contribution in [1.29, 1.82) is 0 Å². The molecule has 1 aliphatic heterocycles. The van der Waals surface area contributed by atoms with Crippen molar-refractivity contribution >= 4 is 29.0 Å². The first kappa shape index (κ1) is 16.5. The van der Waals surface area contributed by atoms with Crippen molar-refractivity contribution in [2.24, 2.45) is 0 Å². The number of carbonyl (C=O) groups is 2. The molecule has 2 aromatic carbocycles. The van der Waals surface area contributed by atoms with Crippen LogP contribution in [0.4, 0.5) is 5.69 Å². The number of anilines is 1. The molecule has 3 rings (SSSR count). The van der Waals surface area contributed by atoms with Gasteiger partial charge in [-0.05, 0) is 55.7 Å². The Kier molecular flexibility index (Phi) is 4.58. The van der Waals surface area contributed by atoms with E-state index in [-0.39, 0.29) is 0 Å². The number of aryl methyl sites for hydroxylation is 2. The summed E-state index contributed by atoms with van der Waals surface area (Å²) in [5, 5.41) is 0.454. The Morgan fingerprint density at radius 1 is 1.08 bits per heavy atom. The minimum Gasteiger partial charge on any atom is -0.493 e. The van der Waals surface area contributed by atoms with Crippen LogP contribution < -0.4 is 9.64 Å². The fraction of sp³-hybridized carbons (Fsp3) is 0.263. The van der Waals surface area contributed by atoms with Gasteiger partial charge in [0.05, 0.1) is 17.9 Å². The van der Waals surface area contributed by atoms with E-state index in [0.29, 0.717) is 35.8 Å². The summed E-state index contributed by atoms with van der Waals surface area (Å²) in [6, 6.07) is 11.0. The summed E-state index contributed by atoms with van der Waals surface area (Å²) in [7, 11) is 0. The molecule has 0 fully saturated rings. The van der Waals surface area contributed by atoms with Gasteiger partial charge in [-0.15, -0.1) is 0 Å². The highest BCUT2D eigenvalue weighted by Crippen LogP contribution is 2.31. The standard InChI is InChI=1S/C19H18ClNO3/c1-12-4-5-13(2)17(10-12)24-9-3-8-21-16-7-6-14(20)11-15(16)18(22)19(21)23/h4-7,10-11H,3,8-9H2,1-2H3. The number of ether oxygens (including phenoxy) is 1. The number of rotatable bonds is 5. The van der Waals surface area contributed by atoms with Gasteiger partial charge in [0.15, 0.2) is 0 Å². The maximum atomic E-state index is 12.1. The lowest BCUT2D eigenvalue weighted by molar-refractivity contribution is -0.114. The highest BCUT2D eigenvalue weighted by molar-refractivity contribution is 6.52. The Morgan fingerprint density at radius 3 is 2.67 bits per heavy atom. The van der Waals surface area contributed by atoms with Gasteiger partial charge in [0.2, 0.25) is 0 Å². The molecule has 1 amide bonds. The van der Waals surface area contributed by atoms with Gasteiger partial charge in [0.25, 0.3) is 11.7 Å². The van der Waals surface area contributed by atoms with Crippen LogP contribution in [-0.2, 0) is 4.79 Å². The van der Waals surface area contributed by atoms with E-state index in [2.05, 4.69) is 0 Å². The second-order valence-electron chi connectivity index (χ2n) is 5.92. The highest BCUT2D eigenvalue weighted by atomic mass is 35.5. The number of Topliss-reactive ketones (excluding diaryl/α,β-unsaturated/α-hetero) is 1. The third kappa shape index (κ3) is 3.15. The van der Waals surface area contributed by atoms with Crippen molar-refractivity contribution < 1.29 is 14.3 Å². The molecule has 0 atom stereocenters. The number of ketones is 1. The molecule has 0 aliphatic carbocycles. The zero-order chi connectivity index (χ0) is 17.3. The Morgan fingerprint density at radius 2 is 1.88 bits per heavy atom. The summed E-state index contributed by atoms with van der Waals surface area (Å²) < 4.78 is 5.80. The molecule has 5 heteroatoms. The fourth-order valence-electron chi connectivity index (χ4n) is 2.76. The highest BCUT2D eigenvalue weighted by Gasteiger charge is 2.35. The Bertz CT molecular complexity index is 816. The average Bonchev–Trinajstić information content (AvgIpc) is 2.79. The lowest BCUT2D eigenvalue weighted by atomic mass is 10.1. The molecular weight excluding hydrogens is 326 g/mol. The number of halogens is 1. The van der Waals surface area contributed by atoms with E-state index < -0.39 is 11.7 Å². The van der Waals surface area contributed by atoms with Crippen molar-refractivity contribution in [3.05, 3.63) is 58.1 Å². The van der Waals surface area contributed by atoms with E-state index in [9.17, 15) is 9.59 Å². The van der Waals surface area contributed by atoms with Gasteiger partial charge in [-0.1, -0.05) is 23.7 Å². The SMILES string of the molecule is Cc1ccc(C)c(OCCCN2C(=O)C(=O)c3cc(Cl)ccc32)c1. The number of nitrogens with zero attached hydrogens (tertiary/aromatic N) is 1. The molecule has 124 valence electrons. The minimum atomic E-state index is -0.501. The molecule has 0 aromatic heterocycles. The van der Waals surface area contributed by atoms with Gasteiger partial charge < -0.3 is 9.64 Å². The zero-order valence-electron chi connectivity index (χ0n) is 13.6. The van der Waals surface area contributed by atoms with Crippen LogP contribution in [0.25, 0.3) is 0 Å². The topological polar surface area (TPSA) is 46.6 Å². The van der Waals surface area contributed by atoms with Crippen molar-refractivity contribution in [1.82, 2.24) is 0 Å². The first-order valence-corrected chi connectivity index (χ1v) is 8.21. The molecule has 24 heavy (non-hydrogen) atoms. The van der Waals surface area contributed by atoms with Gasteiger partial charge >= 0.3 is 0 Å². The lowest BCUT2D eigenvalue weighted by Gasteiger charge is -2.17. The number of hydrogen-bond acceptors (Lipinski definition) is 3. The van der Waals surface area contributed by atoms with Gasteiger partial charge in [0, 0.05) is 11.6 Å². The van der Waals surface area contributed by atoms with E-state index in [4.69, 9.17) is 16.3 Å². The van der Waals surface area contributed by atoms with Crippen LogP contribution in [0, 0.1) is 13.8 Å². The summed E-state index contributed by atoms with van der Waals surface area (Å²) in [6.45, 7) is 4.93. The maximum Gasteiger partial charge on any atom is 0.299 e. The molecule has 0 saturated carbocycles.